The fraction of sp³-hybridized carbons (Fsp3) is 0.462. The molecule has 6 rings (SSSR count). The van der Waals surface area contributed by atoms with E-state index in [4.69, 9.17) is 0 Å². The van der Waals surface area contributed by atoms with Crippen LogP contribution in [0.15, 0.2) is 29.3 Å². The van der Waals surface area contributed by atoms with Gasteiger partial charge in [0.1, 0.15) is 18.0 Å². The molecule has 3 N–H and O–H groups in total. The highest BCUT2D eigenvalue weighted by atomic mass is 19.1. The smallest absolute Gasteiger partial charge is 0.311 e. The minimum absolute atomic E-state index is 0.00619. The Morgan fingerprint density at radius 1 is 1.17 bits per heavy atom. The highest BCUT2D eigenvalue weighted by Gasteiger charge is 2.52. The number of aryl methyl sites for hydroxylation is 1. The van der Waals surface area contributed by atoms with Gasteiger partial charge in [-0.05, 0) is 60.2 Å². The zero-order chi connectivity index (χ0) is 29.5. The Bertz CT molecular complexity index is 1580. The van der Waals surface area contributed by atoms with Gasteiger partial charge in [-0.1, -0.05) is 12.1 Å². The molecule has 15 heteroatoms. The molecule has 216 valence electrons. The van der Waals surface area contributed by atoms with E-state index < -0.39 is 45.7 Å². The van der Waals surface area contributed by atoms with Crippen molar-refractivity contribution >= 4 is 17.7 Å². The highest BCUT2D eigenvalue weighted by molar-refractivity contribution is 6.35. The number of hydrogen-bond acceptors (Lipinski definition) is 9. The Balaban J connectivity index is 1.54. The van der Waals surface area contributed by atoms with Crippen LogP contribution in [-0.4, -0.2) is 71.6 Å². The number of nitrogens with zero attached hydrogens (tertiary/aromatic N) is 7. The van der Waals surface area contributed by atoms with Crippen molar-refractivity contribution in [3.8, 4) is 5.75 Å². The molecular formula is C26H30FN9O5. The molecule has 3 amide bonds. The normalized spacial score (nSPS) is 21.1. The molecule has 3 aliphatic rings. The van der Waals surface area contributed by atoms with Crippen molar-refractivity contribution in [1.29, 1.82) is 0 Å². The molecular weight excluding hydrogens is 537 g/mol. The van der Waals surface area contributed by atoms with Gasteiger partial charge < -0.3 is 20.6 Å². The molecule has 1 saturated carbocycles. The standard InChI is InChI=1S/C26H30FN9O5/c1-15-10-16(4-5-17(15)27)11-28-20(38)18-19(37)22(40)36-13-25(12-35-14-29-32-33-35)6-8-26(9-7-25,24(36)30-18)31-21(39)23(41)34(2)3/h4-5,10,14,37H,6-9,11-13H2,1-3H3,(H,28,38)(H,31,39). The summed E-state index contributed by atoms with van der Waals surface area (Å²) in [5, 5.41) is 27.6. The summed E-state index contributed by atoms with van der Waals surface area (Å²) in [6.45, 7) is 2.08. The SMILES string of the molecule is Cc1cc(CNC(=O)c2nc3n(c(=O)c2O)CC2(Cn4cnnn4)CCC3(NC(=O)C(=O)N(C)C)CC2)ccc1F. The third kappa shape index (κ3) is 5.14. The predicted octanol–water partition coefficient (Wildman–Crippen LogP) is -0.0132. The molecule has 0 saturated heterocycles. The van der Waals surface area contributed by atoms with Crippen LogP contribution in [0.3, 0.4) is 0 Å². The van der Waals surface area contributed by atoms with Gasteiger partial charge in [-0.15, -0.1) is 5.10 Å². The van der Waals surface area contributed by atoms with Crippen LogP contribution in [0.25, 0.3) is 0 Å². The maximum absolute atomic E-state index is 13.6. The first-order valence-corrected chi connectivity index (χ1v) is 13.1. The molecule has 3 aromatic rings. The highest BCUT2D eigenvalue weighted by Crippen LogP contribution is 2.50. The lowest BCUT2D eigenvalue weighted by Gasteiger charge is -2.42. The molecule has 1 aromatic carbocycles. The Labute approximate surface area is 233 Å². The molecule has 0 radical (unpaired) electrons. The molecule has 0 atom stereocenters. The average molecular weight is 568 g/mol. The number of aromatic hydroxyl groups is 1. The number of likely N-dealkylation sites (N-methyl/N-ethyl adjacent to an activating group) is 1. The van der Waals surface area contributed by atoms with E-state index in [1.807, 2.05) is 0 Å². The monoisotopic (exact) mass is 567 g/mol. The van der Waals surface area contributed by atoms with E-state index in [1.165, 1.54) is 37.1 Å². The number of aromatic nitrogens is 6. The van der Waals surface area contributed by atoms with Gasteiger partial charge in [-0.2, -0.15) is 0 Å². The van der Waals surface area contributed by atoms with Crippen LogP contribution in [0.2, 0.25) is 0 Å². The summed E-state index contributed by atoms with van der Waals surface area (Å²) >= 11 is 0. The number of carbonyl (C=O) groups is 3. The van der Waals surface area contributed by atoms with Crippen molar-refractivity contribution in [2.75, 3.05) is 14.1 Å². The fourth-order valence-corrected chi connectivity index (χ4v) is 5.68. The fourth-order valence-electron chi connectivity index (χ4n) is 5.68. The molecule has 41 heavy (non-hydrogen) atoms. The van der Waals surface area contributed by atoms with Gasteiger partial charge in [0.05, 0.1) is 12.1 Å². The van der Waals surface area contributed by atoms with Crippen LogP contribution < -0.4 is 16.2 Å². The molecule has 14 nitrogen and oxygen atoms in total. The summed E-state index contributed by atoms with van der Waals surface area (Å²) in [5.41, 5.74) is -2.12. The van der Waals surface area contributed by atoms with Gasteiger partial charge in [0.2, 0.25) is 5.75 Å². The van der Waals surface area contributed by atoms with Crippen LogP contribution in [-0.2, 0) is 34.8 Å². The van der Waals surface area contributed by atoms with Gasteiger partial charge >= 0.3 is 11.8 Å². The molecule has 1 aliphatic carbocycles. The van der Waals surface area contributed by atoms with Crippen molar-refractivity contribution in [2.24, 2.45) is 5.41 Å². The van der Waals surface area contributed by atoms with E-state index in [-0.39, 0.29) is 24.7 Å². The Morgan fingerprint density at radius 3 is 2.54 bits per heavy atom. The second-order valence-electron chi connectivity index (χ2n) is 11.0. The number of benzene rings is 1. The number of carbonyl (C=O) groups excluding carboxylic acids is 3. The summed E-state index contributed by atoms with van der Waals surface area (Å²) in [6.07, 6.45) is 3.12. The van der Waals surface area contributed by atoms with E-state index in [2.05, 4.69) is 31.1 Å². The van der Waals surface area contributed by atoms with Crippen molar-refractivity contribution in [1.82, 2.24) is 45.3 Å². The van der Waals surface area contributed by atoms with E-state index in [0.29, 0.717) is 43.4 Å². The Kier molecular flexibility index (Phi) is 7.05. The van der Waals surface area contributed by atoms with Gasteiger partial charge in [-0.3, -0.25) is 23.7 Å². The number of fused-ring (bicyclic) bond motifs is 2. The first-order chi connectivity index (χ1) is 19.4. The zero-order valence-corrected chi connectivity index (χ0v) is 22.8. The summed E-state index contributed by atoms with van der Waals surface area (Å²) in [7, 11) is 2.90. The molecule has 2 aromatic heterocycles. The van der Waals surface area contributed by atoms with Crippen LogP contribution in [0.5, 0.6) is 5.75 Å². The van der Waals surface area contributed by atoms with Crippen LogP contribution in [0.4, 0.5) is 4.39 Å². The van der Waals surface area contributed by atoms with Gasteiger partial charge in [-0.25, -0.2) is 14.1 Å². The van der Waals surface area contributed by atoms with Gasteiger partial charge in [0.25, 0.3) is 11.5 Å². The summed E-state index contributed by atoms with van der Waals surface area (Å²) in [6, 6.07) is 4.37. The summed E-state index contributed by atoms with van der Waals surface area (Å²) in [5.74, 6) is -3.62. The lowest BCUT2D eigenvalue weighted by molar-refractivity contribution is -0.145. The molecule has 4 heterocycles. The molecule has 1 fully saturated rings. The molecule has 2 bridgehead atoms. The zero-order valence-electron chi connectivity index (χ0n) is 22.8. The molecule has 0 spiro atoms. The number of amides is 3. The van der Waals surface area contributed by atoms with Crippen LogP contribution in [0.1, 0.15) is 53.1 Å². The van der Waals surface area contributed by atoms with Crippen molar-refractivity contribution in [3.63, 3.8) is 0 Å². The van der Waals surface area contributed by atoms with Crippen molar-refractivity contribution in [2.45, 2.75) is 57.8 Å². The largest absolute Gasteiger partial charge is 0.501 e. The maximum Gasteiger partial charge on any atom is 0.311 e. The van der Waals surface area contributed by atoms with Crippen LogP contribution >= 0.6 is 0 Å². The van der Waals surface area contributed by atoms with E-state index in [1.54, 1.807) is 17.7 Å². The number of tetrazole rings is 1. The average Bonchev–Trinajstić information content (AvgIpc) is 3.36. The maximum atomic E-state index is 13.6. The van der Waals surface area contributed by atoms with Crippen molar-refractivity contribution in [3.05, 3.63) is 63.3 Å². The topological polar surface area (TPSA) is 177 Å². The lowest BCUT2D eigenvalue weighted by Crippen LogP contribution is -2.54. The number of nitrogens with one attached hydrogen (secondary N) is 2. The third-order valence-electron chi connectivity index (χ3n) is 7.96. The van der Waals surface area contributed by atoms with Gasteiger partial charge in [0.15, 0.2) is 5.69 Å². The minimum Gasteiger partial charge on any atom is -0.501 e. The third-order valence-corrected chi connectivity index (χ3v) is 7.96. The van der Waals surface area contributed by atoms with Crippen LogP contribution in [0, 0.1) is 18.2 Å². The first kappa shape index (κ1) is 27.9. The quantitative estimate of drug-likeness (QED) is 0.346. The number of rotatable bonds is 6. The van der Waals surface area contributed by atoms with E-state index in [0.717, 1.165) is 4.90 Å². The lowest BCUT2D eigenvalue weighted by atomic mass is 9.68. The van der Waals surface area contributed by atoms with Crippen molar-refractivity contribution < 1.29 is 23.9 Å². The predicted molar refractivity (Wildman–Crippen MR) is 140 cm³/mol. The minimum atomic E-state index is -1.25. The van der Waals surface area contributed by atoms with E-state index >= 15 is 0 Å². The summed E-state index contributed by atoms with van der Waals surface area (Å²) in [4.78, 5) is 57.9. The summed E-state index contributed by atoms with van der Waals surface area (Å²) < 4.78 is 16.5. The van der Waals surface area contributed by atoms with E-state index in [9.17, 15) is 28.7 Å². The Hall–Kier alpha value is -4.69. The second kappa shape index (κ2) is 10.4. The number of halogens is 1. The Morgan fingerprint density at radius 2 is 1.90 bits per heavy atom. The van der Waals surface area contributed by atoms with Gasteiger partial charge in [0, 0.05) is 32.6 Å². The molecule has 0 unspecified atom stereocenters. The molecule has 2 aliphatic heterocycles. The second-order valence-corrected chi connectivity index (χ2v) is 11.0. The number of hydrogen-bond donors (Lipinski definition) is 3. The first-order valence-electron chi connectivity index (χ1n) is 13.1.